The van der Waals surface area contributed by atoms with Crippen LogP contribution in [0.1, 0.15) is 12.5 Å². The van der Waals surface area contributed by atoms with E-state index in [1.54, 1.807) is 24.3 Å². The normalized spacial score (nSPS) is 11.4. The first kappa shape index (κ1) is 39.4. The third-order valence-corrected chi connectivity index (χ3v) is 5.18. The van der Waals surface area contributed by atoms with E-state index in [1.807, 2.05) is 6.92 Å². The molecule has 0 unspecified atom stereocenters. The molecule has 0 spiro atoms. The molecule has 0 amide bonds. The Morgan fingerprint density at radius 1 is 0.692 bits per heavy atom. The summed E-state index contributed by atoms with van der Waals surface area (Å²) in [6.45, 7) is -0.837. The molecule has 0 saturated heterocycles. The fraction of sp³-hybridized carbons (Fsp3) is 0.522. The zero-order valence-electron chi connectivity index (χ0n) is 20.5. The van der Waals surface area contributed by atoms with E-state index >= 15 is 0 Å². The van der Waals surface area contributed by atoms with Crippen molar-refractivity contribution in [3.05, 3.63) is 29.8 Å². The van der Waals surface area contributed by atoms with Gasteiger partial charge in [-0.05, 0) is 31.0 Å². The summed E-state index contributed by atoms with van der Waals surface area (Å²) in [6.07, 6.45) is 0.178. The van der Waals surface area contributed by atoms with E-state index in [0.717, 1.165) is 10.5 Å². The second kappa shape index (κ2) is 21.1. The maximum absolute atomic E-state index is 11.5. The number of aliphatic carboxylic acids is 5. The van der Waals surface area contributed by atoms with Gasteiger partial charge in [-0.15, -0.1) is 0 Å². The Morgan fingerprint density at radius 2 is 1.10 bits per heavy atom. The molecule has 0 saturated carbocycles. The third-order valence-electron chi connectivity index (χ3n) is 5.18. The third kappa shape index (κ3) is 18.3. The molecule has 1 rings (SSSR count). The molecule has 14 nitrogen and oxygen atoms in total. The molecule has 0 aliphatic carbocycles. The Hall–Kier alpha value is -1.75. The van der Waals surface area contributed by atoms with Crippen LogP contribution in [0, 0.1) is 0 Å². The topological polar surface area (TPSA) is 205 Å². The minimum absolute atomic E-state index is 0. The van der Waals surface area contributed by atoms with Gasteiger partial charge in [-0.3, -0.25) is 38.7 Å². The fourth-order valence-corrected chi connectivity index (χ4v) is 3.73. The molecule has 0 fully saturated rings. The first-order valence-corrected chi connectivity index (χ1v) is 11.4. The molecule has 16 heteroatoms. The van der Waals surface area contributed by atoms with Gasteiger partial charge >= 0.3 is 89.0 Å². The van der Waals surface area contributed by atoms with Crippen LogP contribution in [0.4, 0.5) is 0 Å². The van der Waals surface area contributed by atoms with Gasteiger partial charge in [0.1, 0.15) is 5.75 Å². The number of rotatable bonds is 20. The average Bonchev–Trinajstić information content (AvgIpc) is 2.76. The van der Waals surface area contributed by atoms with Crippen molar-refractivity contribution in [3.63, 3.8) is 0 Å². The molecule has 210 valence electrons. The van der Waals surface area contributed by atoms with Crippen molar-refractivity contribution in [3.8, 4) is 5.75 Å². The number of hydrogen-bond donors (Lipinski definition) is 5. The van der Waals surface area contributed by atoms with Crippen molar-refractivity contribution >= 4 is 89.0 Å². The van der Waals surface area contributed by atoms with E-state index in [2.05, 4.69) is 0 Å². The van der Waals surface area contributed by atoms with Crippen molar-refractivity contribution in [2.24, 2.45) is 0 Å². The van der Waals surface area contributed by atoms with Crippen LogP contribution in [0.5, 0.6) is 5.75 Å². The molecule has 5 N–H and O–H groups in total. The van der Waals surface area contributed by atoms with Crippen LogP contribution in [0.15, 0.2) is 24.3 Å². The second-order valence-electron chi connectivity index (χ2n) is 8.25. The van der Waals surface area contributed by atoms with Crippen molar-refractivity contribution in [2.75, 3.05) is 59.0 Å². The van der Waals surface area contributed by atoms with E-state index in [1.165, 1.54) is 9.80 Å². The van der Waals surface area contributed by atoms with E-state index in [-0.39, 0.29) is 85.2 Å². The van der Waals surface area contributed by atoms with Gasteiger partial charge in [0, 0.05) is 25.7 Å². The van der Waals surface area contributed by atoms with Gasteiger partial charge < -0.3 is 30.3 Å². The Morgan fingerprint density at radius 3 is 1.51 bits per heavy atom. The van der Waals surface area contributed by atoms with Crippen LogP contribution >= 0.6 is 0 Å². The summed E-state index contributed by atoms with van der Waals surface area (Å²) in [4.78, 5) is 60.4. The summed E-state index contributed by atoms with van der Waals surface area (Å²) >= 11 is 0. The van der Waals surface area contributed by atoms with Crippen molar-refractivity contribution in [1.29, 1.82) is 0 Å². The van der Waals surface area contributed by atoms with E-state index < -0.39 is 68.6 Å². The van der Waals surface area contributed by atoms with E-state index in [9.17, 15) is 39.3 Å². The molecule has 0 aliphatic rings. The van der Waals surface area contributed by atoms with Gasteiger partial charge in [0.2, 0.25) is 0 Å². The minimum atomic E-state index is -1.27. The number of hydrogen-bond acceptors (Lipinski definition) is 9. The molecule has 39 heavy (non-hydrogen) atoms. The Kier molecular flexibility index (Phi) is 21.3. The van der Waals surface area contributed by atoms with E-state index in [0.29, 0.717) is 12.4 Å². The van der Waals surface area contributed by atoms with Crippen LogP contribution in [0.25, 0.3) is 0 Å². The van der Waals surface area contributed by atoms with Gasteiger partial charge in [0.25, 0.3) is 0 Å². The molecule has 1 atom stereocenters. The van der Waals surface area contributed by atoms with Crippen LogP contribution in [-0.2, 0) is 30.4 Å². The maximum atomic E-state index is 11.5. The summed E-state index contributed by atoms with van der Waals surface area (Å²) < 4.78 is 5.41. The number of ether oxygens (including phenoxy) is 1. The van der Waals surface area contributed by atoms with Crippen molar-refractivity contribution < 1.29 is 54.2 Å². The summed E-state index contributed by atoms with van der Waals surface area (Å²) in [5.74, 6) is -5.65. The molecule has 0 aliphatic heterocycles. The number of benzene rings is 1. The summed E-state index contributed by atoms with van der Waals surface area (Å²) in [5, 5.41) is 46.2. The van der Waals surface area contributed by atoms with Crippen molar-refractivity contribution in [1.82, 2.24) is 14.7 Å². The Labute approximate surface area is 270 Å². The molecule has 0 bridgehead atoms. The summed E-state index contributed by atoms with van der Waals surface area (Å²) in [5.41, 5.74) is 0.725. The Bertz CT molecular complexity index is 902. The number of carboxylic acids is 5. The van der Waals surface area contributed by atoms with Gasteiger partial charge in [-0.2, -0.15) is 0 Å². The van der Waals surface area contributed by atoms with Gasteiger partial charge in [-0.1, -0.05) is 12.1 Å². The molecule has 1 aromatic carbocycles. The molecule has 0 radical (unpaired) electrons. The summed E-state index contributed by atoms with van der Waals surface area (Å²) in [6, 6.07) is 6.14. The number of carboxylic acid groups (broad SMARTS) is 5. The van der Waals surface area contributed by atoms with Crippen LogP contribution in [-0.4, -0.2) is 194 Å². The predicted octanol–water partition coefficient (Wildman–Crippen LogP) is -1.97. The molecular weight excluding hydrogens is 540 g/mol. The summed E-state index contributed by atoms with van der Waals surface area (Å²) in [7, 11) is 0. The zero-order valence-corrected chi connectivity index (χ0v) is 20.5. The standard InChI is InChI=1S/C23H33N3O11.2Na.2H/c1-2-37-18-5-3-16(4-6-18)9-17(26(14-22(33)34)15-23(35)36)10-24(11-19(27)28)7-8-25(12-20(29)30)13-21(31)32;;;;/h3-6,17H,2,7-15H2,1H3,(H,27,28)(H,29,30)(H,31,32)(H,33,34)(H,35,36);;;;/t17-;;;;/m0..../s1. The van der Waals surface area contributed by atoms with Gasteiger partial charge in [0.05, 0.1) is 39.3 Å². The molecular formula is C23H35N3Na2O11. The molecule has 1 aromatic rings. The average molecular weight is 576 g/mol. The van der Waals surface area contributed by atoms with Gasteiger partial charge in [-0.25, -0.2) is 0 Å². The van der Waals surface area contributed by atoms with Crippen molar-refractivity contribution in [2.45, 2.75) is 19.4 Å². The van der Waals surface area contributed by atoms with E-state index in [4.69, 9.17) is 14.9 Å². The quantitative estimate of drug-likeness (QED) is 0.107. The SMILES string of the molecule is CCOc1ccc(C[C@@H](CN(CCN(CC(=O)O)CC(=O)O)CC(=O)O)N(CC(=O)O)CC(=O)O)cc1.[NaH].[NaH]. The fourth-order valence-electron chi connectivity index (χ4n) is 3.73. The first-order chi connectivity index (χ1) is 17.4. The predicted molar refractivity (Wildman–Crippen MR) is 142 cm³/mol. The molecule has 0 aromatic heterocycles. The monoisotopic (exact) mass is 575 g/mol. The van der Waals surface area contributed by atoms with Crippen LogP contribution in [0.3, 0.4) is 0 Å². The van der Waals surface area contributed by atoms with Gasteiger partial charge in [0.15, 0.2) is 0 Å². The number of carbonyl (C=O) groups is 5. The van der Waals surface area contributed by atoms with Crippen LogP contribution < -0.4 is 4.74 Å². The molecule has 0 heterocycles. The first-order valence-electron chi connectivity index (χ1n) is 11.4. The zero-order chi connectivity index (χ0) is 28.0. The second-order valence-corrected chi connectivity index (χ2v) is 8.25. The van der Waals surface area contributed by atoms with Crippen LogP contribution in [0.2, 0.25) is 0 Å². The number of nitrogens with zero attached hydrogens (tertiary/aromatic N) is 3. The Balaban J connectivity index is 0.